The van der Waals surface area contributed by atoms with Crippen molar-refractivity contribution in [3.63, 3.8) is 0 Å². The molecule has 0 unspecified atom stereocenters. The van der Waals surface area contributed by atoms with Crippen molar-refractivity contribution in [2.45, 2.75) is 32.8 Å². The lowest BCUT2D eigenvalue weighted by atomic mass is 10.1. The highest BCUT2D eigenvalue weighted by Gasteiger charge is 2.19. The number of benzene rings is 3. The number of hydrogen-bond acceptors (Lipinski definition) is 5. The van der Waals surface area contributed by atoms with Gasteiger partial charge in [-0.25, -0.2) is 9.37 Å². The maximum Gasteiger partial charge on any atom is 0.282 e. The van der Waals surface area contributed by atoms with Crippen LogP contribution in [0.15, 0.2) is 71.8 Å². The zero-order valence-corrected chi connectivity index (χ0v) is 25.0. The van der Waals surface area contributed by atoms with Crippen LogP contribution < -0.4 is 15.0 Å². The van der Waals surface area contributed by atoms with Gasteiger partial charge in [0.15, 0.2) is 11.5 Å². The summed E-state index contributed by atoms with van der Waals surface area (Å²) in [5.74, 6) is 1.06. The van der Waals surface area contributed by atoms with Crippen LogP contribution in [0.2, 0.25) is 0 Å². The van der Waals surface area contributed by atoms with Crippen molar-refractivity contribution in [2.24, 2.45) is 5.10 Å². The maximum absolute atomic E-state index is 14.1. The van der Waals surface area contributed by atoms with Crippen LogP contribution >= 0.6 is 47.8 Å². The van der Waals surface area contributed by atoms with E-state index in [2.05, 4.69) is 52.9 Å². The van der Waals surface area contributed by atoms with E-state index in [0.717, 1.165) is 10.9 Å². The second-order valence-electron chi connectivity index (χ2n) is 8.31. The molecule has 0 aliphatic carbocycles. The summed E-state index contributed by atoms with van der Waals surface area (Å²) in [6.45, 7) is 4.07. The van der Waals surface area contributed by atoms with Crippen molar-refractivity contribution in [3.8, 4) is 11.5 Å². The van der Waals surface area contributed by atoms with Crippen molar-refractivity contribution < 1.29 is 13.9 Å². The first-order valence-electron chi connectivity index (χ1n) is 11.4. The lowest BCUT2D eigenvalue weighted by Crippen LogP contribution is -2.23. The minimum Gasteiger partial charge on any atom is -0.493 e. The molecule has 1 atom stereocenters. The third-order valence-electron chi connectivity index (χ3n) is 5.90. The highest BCUT2D eigenvalue weighted by molar-refractivity contribution is 9.13. The smallest absolute Gasteiger partial charge is 0.282 e. The minimum absolute atomic E-state index is 0.0109. The third kappa shape index (κ3) is 5.81. The molecule has 1 heterocycles. The Morgan fingerprint density at radius 3 is 2.59 bits per heavy atom. The number of rotatable bonds is 8. The predicted molar refractivity (Wildman–Crippen MR) is 155 cm³/mol. The van der Waals surface area contributed by atoms with Crippen LogP contribution in [0.3, 0.4) is 0 Å². The molecule has 0 fully saturated rings. The topological polar surface area (TPSA) is 65.7 Å². The minimum atomic E-state index is -0.348. The molecule has 0 amide bonds. The summed E-state index contributed by atoms with van der Waals surface area (Å²) in [7, 11) is 1.52. The first-order valence-corrected chi connectivity index (χ1v) is 13.8. The average molecular weight is 696 g/mol. The molecule has 1 aromatic heterocycles. The van der Waals surface area contributed by atoms with E-state index < -0.39 is 0 Å². The van der Waals surface area contributed by atoms with Gasteiger partial charge in [-0.3, -0.25) is 4.79 Å². The molecular formula is C27H23Br3FN3O3. The molecule has 0 radical (unpaired) electrons. The van der Waals surface area contributed by atoms with Crippen LogP contribution in [0, 0.1) is 5.82 Å². The summed E-state index contributed by atoms with van der Waals surface area (Å²) in [4.78, 5) is 18.2. The molecule has 3 aromatic carbocycles. The van der Waals surface area contributed by atoms with Crippen LogP contribution in [0.25, 0.3) is 10.9 Å². The summed E-state index contributed by atoms with van der Waals surface area (Å²) >= 11 is 10.6. The Labute approximate surface area is 238 Å². The van der Waals surface area contributed by atoms with E-state index in [1.165, 1.54) is 17.9 Å². The molecule has 0 spiro atoms. The fraction of sp³-hybridized carbons (Fsp3) is 0.222. The van der Waals surface area contributed by atoms with E-state index in [1.54, 1.807) is 36.5 Å². The summed E-state index contributed by atoms with van der Waals surface area (Å²) in [5.41, 5.74) is 1.42. The van der Waals surface area contributed by atoms with Gasteiger partial charge in [-0.05, 0) is 68.6 Å². The largest absolute Gasteiger partial charge is 0.493 e. The Balaban J connectivity index is 1.76. The van der Waals surface area contributed by atoms with Gasteiger partial charge in [0.1, 0.15) is 18.2 Å². The molecule has 0 saturated carbocycles. The van der Waals surface area contributed by atoms with E-state index in [0.29, 0.717) is 48.3 Å². The Morgan fingerprint density at radius 2 is 1.89 bits per heavy atom. The van der Waals surface area contributed by atoms with Crippen LogP contribution in [-0.4, -0.2) is 23.0 Å². The van der Waals surface area contributed by atoms with Gasteiger partial charge >= 0.3 is 0 Å². The quantitative estimate of drug-likeness (QED) is 0.177. The molecule has 0 N–H and O–H groups in total. The standard InChI is InChI=1S/C27H23Br3FN3O3/c1-4-15(2)26-33-21-10-9-18(28)12-19(21)27(35)34(26)32-13-17-11-22(36-3)25(24(30)23(17)29)37-14-16-7-5-6-8-20(16)31/h5-13,15H,4,14H2,1-3H3/t15-/m0/s1. The second-order valence-corrected chi connectivity index (χ2v) is 10.8. The average Bonchev–Trinajstić information content (AvgIpc) is 2.90. The first-order chi connectivity index (χ1) is 17.7. The fourth-order valence-corrected chi connectivity index (χ4v) is 4.95. The van der Waals surface area contributed by atoms with Crippen molar-refractivity contribution in [3.05, 3.63) is 95.1 Å². The van der Waals surface area contributed by atoms with Gasteiger partial charge in [0.25, 0.3) is 5.56 Å². The predicted octanol–water partition coefficient (Wildman–Crippen LogP) is 7.81. The highest BCUT2D eigenvalue weighted by Crippen LogP contribution is 2.42. The maximum atomic E-state index is 14.1. The van der Waals surface area contributed by atoms with E-state index in [1.807, 2.05) is 26.0 Å². The van der Waals surface area contributed by atoms with E-state index >= 15 is 0 Å². The molecule has 6 nitrogen and oxygen atoms in total. The first kappa shape index (κ1) is 27.5. The molecule has 192 valence electrons. The molecule has 37 heavy (non-hydrogen) atoms. The van der Waals surface area contributed by atoms with Crippen molar-refractivity contribution in [1.82, 2.24) is 9.66 Å². The number of nitrogens with zero attached hydrogens (tertiary/aromatic N) is 3. The van der Waals surface area contributed by atoms with Gasteiger partial charge in [0.05, 0.1) is 28.7 Å². The fourth-order valence-electron chi connectivity index (χ4n) is 3.65. The lowest BCUT2D eigenvalue weighted by Gasteiger charge is -2.16. The molecule has 0 aliphatic heterocycles. The van der Waals surface area contributed by atoms with Crippen LogP contribution in [0.4, 0.5) is 4.39 Å². The summed E-state index contributed by atoms with van der Waals surface area (Å²) in [6, 6.07) is 13.6. The Hall–Kier alpha value is -2.56. The number of fused-ring (bicyclic) bond motifs is 1. The summed E-state index contributed by atoms with van der Waals surface area (Å²) in [6.07, 6.45) is 2.36. The monoisotopic (exact) mass is 693 g/mol. The van der Waals surface area contributed by atoms with Gasteiger partial charge in [0.2, 0.25) is 0 Å². The Bertz CT molecular complexity index is 1560. The third-order valence-corrected chi connectivity index (χ3v) is 8.54. The van der Waals surface area contributed by atoms with Crippen molar-refractivity contribution in [2.75, 3.05) is 7.11 Å². The van der Waals surface area contributed by atoms with Gasteiger partial charge < -0.3 is 9.47 Å². The normalized spacial score (nSPS) is 12.3. The SMILES string of the molecule is CC[C@H](C)c1nc2ccc(Br)cc2c(=O)n1N=Cc1cc(OC)c(OCc2ccccc2F)c(Br)c1Br. The second kappa shape index (κ2) is 11.9. The van der Waals surface area contributed by atoms with Crippen LogP contribution in [0.5, 0.6) is 11.5 Å². The van der Waals surface area contributed by atoms with Crippen LogP contribution in [-0.2, 0) is 6.61 Å². The van der Waals surface area contributed by atoms with Gasteiger partial charge in [-0.1, -0.05) is 48.0 Å². The molecular weight excluding hydrogens is 673 g/mol. The molecule has 0 saturated heterocycles. The van der Waals surface area contributed by atoms with E-state index in [9.17, 15) is 9.18 Å². The van der Waals surface area contributed by atoms with Gasteiger partial charge in [-0.15, -0.1) is 0 Å². The Kier molecular flexibility index (Phi) is 8.82. The van der Waals surface area contributed by atoms with Crippen molar-refractivity contribution >= 4 is 64.9 Å². The van der Waals surface area contributed by atoms with Crippen LogP contribution in [0.1, 0.15) is 43.1 Å². The van der Waals surface area contributed by atoms with Gasteiger partial charge in [-0.2, -0.15) is 9.78 Å². The number of ether oxygens (including phenoxy) is 2. The zero-order valence-electron chi connectivity index (χ0n) is 20.3. The van der Waals surface area contributed by atoms with Crippen molar-refractivity contribution in [1.29, 1.82) is 0 Å². The molecule has 0 bridgehead atoms. The molecule has 4 aromatic rings. The lowest BCUT2D eigenvalue weighted by molar-refractivity contribution is 0.277. The van der Waals surface area contributed by atoms with E-state index in [-0.39, 0.29) is 23.9 Å². The Morgan fingerprint density at radius 1 is 1.14 bits per heavy atom. The zero-order chi connectivity index (χ0) is 26.7. The highest BCUT2D eigenvalue weighted by atomic mass is 79.9. The van der Waals surface area contributed by atoms with Gasteiger partial charge in [0, 0.05) is 26.0 Å². The molecule has 4 rings (SSSR count). The number of aromatic nitrogens is 2. The van der Waals surface area contributed by atoms with E-state index in [4.69, 9.17) is 14.5 Å². The number of halogens is 4. The molecule has 0 aliphatic rings. The number of hydrogen-bond donors (Lipinski definition) is 0. The summed E-state index contributed by atoms with van der Waals surface area (Å²) < 4.78 is 28.9. The number of methoxy groups -OCH3 is 1. The summed E-state index contributed by atoms with van der Waals surface area (Å²) in [5, 5.41) is 5.01. The molecule has 10 heteroatoms.